The molecule has 4 heterocycles. The molecule has 1 aromatic heterocycles. The highest BCUT2D eigenvalue weighted by Gasteiger charge is 2.23. The van der Waals surface area contributed by atoms with E-state index in [1.807, 2.05) is 97.1 Å². The Bertz CT molecular complexity index is 1900. The molecule has 4 aromatic carbocycles. The summed E-state index contributed by atoms with van der Waals surface area (Å²) in [7, 11) is 0. The zero-order valence-electron chi connectivity index (χ0n) is 19.4. The van der Waals surface area contributed by atoms with Crippen LogP contribution in [0.2, 0.25) is 0 Å². The molecule has 0 radical (unpaired) electrons. The van der Waals surface area contributed by atoms with Gasteiger partial charge in [0, 0.05) is 33.0 Å². The van der Waals surface area contributed by atoms with Gasteiger partial charge in [-0.3, -0.25) is 0 Å². The second-order valence-corrected chi connectivity index (χ2v) is 8.94. The van der Waals surface area contributed by atoms with E-state index in [1.54, 1.807) is 0 Å². The van der Waals surface area contributed by atoms with E-state index in [0.29, 0.717) is 34.3 Å². The Morgan fingerprint density at radius 2 is 0.784 bits per heavy atom. The van der Waals surface area contributed by atoms with Gasteiger partial charge in [-0.25, -0.2) is 30.0 Å². The lowest BCUT2D eigenvalue weighted by molar-refractivity contribution is 1.15. The third-order valence-electron chi connectivity index (χ3n) is 6.65. The molecule has 0 atom stereocenters. The first-order valence-corrected chi connectivity index (χ1v) is 12.0. The highest BCUT2D eigenvalue weighted by Crippen LogP contribution is 2.28. The zero-order chi connectivity index (χ0) is 24.3. The molecule has 37 heavy (non-hydrogen) atoms. The van der Waals surface area contributed by atoms with Crippen molar-refractivity contribution < 1.29 is 0 Å². The molecule has 8 bridgehead atoms. The maximum Gasteiger partial charge on any atom is 0.164 e. The molecule has 0 saturated carbocycles. The smallest absolute Gasteiger partial charge is 0.164 e. The summed E-state index contributed by atoms with van der Waals surface area (Å²) in [5.41, 5.74) is 6.68. The summed E-state index contributed by atoms with van der Waals surface area (Å²) >= 11 is 0. The molecule has 0 amide bonds. The Kier molecular flexibility index (Phi) is 4.10. The van der Waals surface area contributed by atoms with Crippen LogP contribution in [0.3, 0.4) is 0 Å². The van der Waals surface area contributed by atoms with Crippen LogP contribution in [0, 0.1) is 0 Å². The number of hydrogen-bond acceptors (Lipinski definition) is 6. The minimum Gasteiger partial charge on any atom is -0.324 e. The molecule has 172 valence electrons. The molecular formula is C30H17N7. The van der Waals surface area contributed by atoms with Crippen molar-refractivity contribution in [1.29, 1.82) is 0 Å². The molecule has 0 unspecified atom stereocenters. The number of nitrogens with one attached hydrogen (secondary N) is 1. The number of hydrogen-bond donors (Lipinski definition) is 1. The van der Waals surface area contributed by atoms with Crippen LogP contribution in [0.4, 0.5) is 11.4 Å². The molecule has 0 aliphatic carbocycles. The van der Waals surface area contributed by atoms with Crippen LogP contribution in [-0.4, -0.2) is 28.3 Å². The van der Waals surface area contributed by atoms with Gasteiger partial charge in [0.25, 0.3) is 0 Å². The van der Waals surface area contributed by atoms with Gasteiger partial charge in [-0.2, -0.15) is 0 Å². The fourth-order valence-electron chi connectivity index (χ4n) is 4.94. The van der Waals surface area contributed by atoms with Gasteiger partial charge in [-0.1, -0.05) is 78.9 Å². The Morgan fingerprint density at radius 1 is 0.378 bits per heavy atom. The number of aromatic amines is 1. The molecule has 7 nitrogen and oxygen atoms in total. The monoisotopic (exact) mass is 475 g/mol. The first kappa shape index (κ1) is 19.9. The predicted molar refractivity (Wildman–Crippen MR) is 145 cm³/mol. The summed E-state index contributed by atoms with van der Waals surface area (Å²) < 4.78 is 0. The molecular weight excluding hydrogens is 458 g/mol. The third-order valence-corrected chi connectivity index (χ3v) is 6.65. The number of fused-ring (bicyclic) bond motifs is 15. The molecule has 0 saturated heterocycles. The highest BCUT2D eigenvalue weighted by atomic mass is 15.1. The van der Waals surface area contributed by atoms with Crippen molar-refractivity contribution in [2.75, 3.05) is 0 Å². The van der Waals surface area contributed by atoms with Gasteiger partial charge in [0.1, 0.15) is 11.0 Å². The minimum absolute atomic E-state index is 0.611. The van der Waals surface area contributed by atoms with E-state index in [2.05, 4.69) is 4.98 Å². The first-order chi connectivity index (χ1) is 18.3. The fourth-order valence-corrected chi connectivity index (χ4v) is 4.94. The molecule has 8 rings (SSSR count). The van der Waals surface area contributed by atoms with Crippen molar-refractivity contribution in [2.24, 2.45) is 30.0 Å². The lowest BCUT2D eigenvalue weighted by atomic mass is 10.1. The molecule has 0 fully saturated rings. The number of aromatic nitrogens is 1. The standard InChI is InChI=1S/C30H17N7/c1-3-12-21-19(10-1)25-31-17-8-7-9-18(16-17)32-26-20-11-2-4-13-22(20)28(34-26)36-30-24-15-6-5-14-23(24)29(37-30)35-27(21)33-25/h1-16H,(H,31,32,33,34,35,36,37). The summed E-state index contributed by atoms with van der Waals surface area (Å²) in [6.07, 6.45) is 0. The Labute approximate surface area is 210 Å². The van der Waals surface area contributed by atoms with Crippen LogP contribution in [0.5, 0.6) is 0 Å². The first-order valence-electron chi connectivity index (χ1n) is 12.0. The normalized spacial score (nSPS) is 15.0. The molecule has 5 aromatic rings. The van der Waals surface area contributed by atoms with Crippen molar-refractivity contribution in [3.8, 4) is 0 Å². The number of benzene rings is 4. The number of nitrogens with zero attached hydrogens (tertiary/aromatic N) is 6. The van der Waals surface area contributed by atoms with Crippen molar-refractivity contribution in [2.45, 2.75) is 0 Å². The lowest BCUT2D eigenvalue weighted by Gasteiger charge is -2.01. The molecule has 7 heteroatoms. The van der Waals surface area contributed by atoms with Crippen LogP contribution >= 0.6 is 0 Å². The van der Waals surface area contributed by atoms with Crippen LogP contribution in [0.1, 0.15) is 22.3 Å². The number of rotatable bonds is 0. The Balaban J connectivity index is 1.49. The Morgan fingerprint density at radius 3 is 1.24 bits per heavy atom. The minimum atomic E-state index is 0.611. The SMILES string of the molecule is c1cc2cc(c1)N=C1N=C(N=c3[nH]c(c4ccccc34)=NC3=NC(=N2)c2ccccc23)c2ccccc21. The van der Waals surface area contributed by atoms with E-state index in [9.17, 15) is 0 Å². The van der Waals surface area contributed by atoms with E-state index in [1.165, 1.54) is 0 Å². The average molecular weight is 476 g/mol. The molecule has 1 N–H and O–H groups in total. The van der Waals surface area contributed by atoms with Gasteiger partial charge in [0.15, 0.2) is 23.3 Å². The number of H-pyrrole nitrogens is 1. The summed E-state index contributed by atoms with van der Waals surface area (Å²) in [6, 6.07) is 31.9. The van der Waals surface area contributed by atoms with Crippen LogP contribution < -0.4 is 11.0 Å². The second kappa shape index (κ2) is 7.60. The largest absolute Gasteiger partial charge is 0.324 e. The van der Waals surface area contributed by atoms with Crippen molar-refractivity contribution in [1.82, 2.24) is 4.98 Å². The zero-order valence-corrected chi connectivity index (χ0v) is 19.4. The third kappa shape index (κ3) is 3.14. The van der Waals surface area contributed by atoms with E-state index in [-0.39, 0.29) is 0 Å². The van der Waals surface area contributed by atoms with E-state index >= 15 is 0 Å². The van der Waals surface area contributed by atoms with Crippen LogP contribution in [0.15, 0.2) is 127 Å². The van der Waals surface area contributed by atoms with Gasteiger partial charge >= 0.3 is 0 Å². The van der Waals surface area contributed by atoms with Crippen molar-refractivity contribution in [3.63, 3.8) is 0 Å². The average Bonchev–Trinajstić information content (AvgIpc) is 3.57. The molecule has 3 aliphatic heterocycles. The van der Waals surface area contributed by atoms with Gasteiger partial charge in [-0.05, 0) is 18.2 Å². The summed E-state index contributed by atoms with van der Waals surface area (Å²) in [4.78, 5) is 32.8. The second-order valence-electron chi connectivity index (χ2n) is 8.94. The molecule has 3 aliphatic rings. The van der Waals surface area contributed by atoms with Crippen molar-refractivity contribution >= 4 is 45.5 Å². The fraction of sp³-hybridized carbons (Fsp3) is 0. The molecule has 0 spiro atoms. The predicted octanol–water partition coefficient (Wildman–Crippen LogP) is 4.80. The van der Waals surface area contributed by atoms with E-state index in [4.69, 9.17) is 30.0 Å². The topological polar surface area (TPSA) is 89.9 Å². The van der Waals surface area contributed by atoms with Crippen molar-refractivity contribution in [3.05, 3.63) is 130 Å². The highest BCUT2D eigenvalue weighted by molar-refractivity contribution is 6.24. The van der Waals surface area contributed by atoms with Gasteiger partial charge in [-0.15, -0.1) is 0 Å². The summed E-state index contributed by atoms with van der Waals surface area (Å²) in [6.45, 7) is 0. The van der Waals surface area contributed by atoms with E-state index < -0.39 is 0 Å². The van der Waals surface area contributed by atoms with Gasteiger partial charge in [0.2, 0.25) is 0 Å². The summed E-state index contributed by atoms with van der Waals surface area (Å²) in [5.74, 6) is 2.47. The summed E-state index contributed by atoms with van der Waals surface area (Å²) in [5, 5.41) is 1.92. The number of aliphatic imine (C=N–C) groups is 4. The van der Waals surface area contributed by atoms with Crippen LogP contribution in [0.25, 0.3) is 10.8 Å². The Hall–Kier alpha value is -5.30. The van der Waals surface area contributed by atoms with Crippen LogP contribution in [-0.2, 0) is 0 Å². The maximum absolute atomic E-state index is 4.98. The quantitative estimate of drug-likeness (QED) is 0.334. The maximum atomic E-state index is 4.98. The van der Waals surface area contributed by atoms with Gasteiger partial charge < -0.3 is 4.98 Å². The van der Waals surface area contributed by atoms with E-state index in [0.717, 1.165) is 44.4 Å². The van der Waals surface area contributed by atoms with Gasteiger partial charge in [0.05, 0.1) is 11.4 Å². The number of amidine groups is 4. The lowest BCUT2D eigenvalue weighted by Crippen LogP contribution is -2.15.